The minimum Gasteiger partial charge on any atom is -0.339 e. The molecule has 0 bridgehead atoms. The first-order valence-corrected chi connectivity index (χ1v) is 11.5. The zero-order valence-corrected chi connectivity index (χ0v) is 19.9. The number of alkyl halides is 3. The lowest BCUT2D eigenvalue weighted by atomic mass is 9.99. The van der Waals surface area contributed by atoms with Crippen molar-refractivity contribution in [3.8, 4) is 28.5 Å². The number of aromatic amines is 1. The van der Waals surface area contributed by atoms with Crippen LogP contribution in [0.1, 0.15) is 22.5 Å². The molecule has 0 saturated heterocycles. The molecule has 4 heterocycles. The number of H-pyrrole nitrogens is 1. The van der Waals surface area contributed by atoms with Crippen molar-refractivity contribution in [3.05, 3.63) is 101 Å². The average Bonchev–Trinajstić information content (AvgIpc) is 3.34. The molecule has 0 atom stereocenters. The van der Waals surface area contributed by atoms with E-state index in [1.54, 1.807) is 24.3 Å². The van der Waals surface area contributed by atoms with E-state index in [1.165, 1.54) is 12.4 Å². The number of nitrogens with one attached hydrogen (secondary N) is 1. The number of nitriles is 1. The zero-order valence-electron chi connectivity index (χ0n) is 19.9. The number of fused-ring (bicyclic) bond motifs is 1. The number of carbonyl (C=O) groups excluding carboxylic acids is 1. The molecule has 0 aliphatic carbocycles. The Morgan fingerprint density at radius 2 is 1.69 bits per heavy atom. The number of hydrogen-bond acceptors (Lipinski definition) is 5. The summed E-state index contributed by atoms with van der Waals surface area (Å²) in [5.74, 6) is -2.25. The number of pyridine rings is 3. The van der Waals surface area contributed by atoms with Crippen LogP contribution >= 0.6 is 0 Å². The van der Waals surface area contributed by atoms with Crippen LogP contribution in [-0.2, 0) is 23.8 Å². The fourth-order valence-corrected chi connectivity index (χ4v) is 4.15. The molecule has 11 heteroatoms. The Morgan fingerprint density at radius 3 is 2.46 bits per heavy atom. The van der Waals surface area contributed by atoms with Crippen molar-refractivity contribution in [2.24, 2.45) is 0 Å². The van der Waals surface area contributed by atoms with Crippen LogP contribution in [0.15, 0.2) is 67.1 Å². The summed E-state index contributed by atoms with van der Waals surface area (Å²) in [7, 11) is 0. The zero-order chi connectivity index (χ0) is 27.7. The first-order valence-electron chi connectivity index (χ1n) is 11.5. The molecule has 5 rings (SSSR count). The third kappa shape index (κ3) is 5.50. The van der Waals surface area contributed by atoms with Crippen LogP contribution < -0.4 is 0 Å². The van der Waals surface area contributed by atoms with Crippen LogP contribution in [-0.4, -0.2) is 25.7 Å². The van der Waals surface area contributed by atoms with Gasteiger partial charge in [0.2, 0.25) is 0 Å². The Labute approximate surface area is 217 Å². The molecule has 39 heavy (non-hydrogen) atoms. The smallest absolute Gasteiger partial charge is 0.339 e. The fraction of sp³-hybridized carbons (Fsp3) is 0.107. The highest BCUT2D eigenvalue weighted by Gasteiger charge is 2.30. The van der Waals surface area contributed by atoms with Crippen LogP contribution in [0.4, 0.5) is 22.0 Å². The maximum Gasteiger partial charge on any atom is 0.416 e. The standard InChI is InChI=1S/C28H16F5N5O/c29-24-12-23(18-5-17-9-26(38-27(17)37-14-18)15-1-3-36-21(6-15)13-34)25(30)8-16(24)7-22(39)11-20-10-19(2-4-35-20)28(31,32)33/h1-6,8-10,12,14H,7,11H2,(H,37,38). The highest BCUT2D eigenvalue weighted by Crippen LogP contribution is 2.31. The van der Waals surface area contributed by atoms with Gasteiger partial charge in [0.05, 0.1) is 5.56 Å². The Balaban J connectivity index is 1.37. The van der Waals surface area contributed by atoms with Crippen LogP contribution in [0.2, 0.25) is 0 Å². The summed E-state index contributed by atoms with van der Waals surface area (Å²) in [6.45, 7) is 0. The number of nitrogens with zero attached hydrogens (tertiary/aromatic N) is 4. The molecule has 1 aromatic carbocycles. The molecule has 0 amide bonds. The topological polar surface area (TPSA) is 95.3 Å². The molecule has 1 N–H and O–H groups in total. The number of aromatic nitrogens is 4. The third-order valence-corrected chi connectivity index (χ3v) is 6.01. The molecule has 0 saturated carbocycles. The second kappa shape index (κ2) is 10.1. The lowest BCUT2D eigenvalue weighted by Gasteiger charge is -2.09. The van der Waals surface area contributed by atoms with E-state index in [9.17, 15) is 22.4 Å². The molecule has 6 nitrogen and oxygen atoms in total. The van der Waals surface area contributed by atoms with Gasteiger partial charge in [0, 0.05) is 64.9 Å². The van der Waals surface area contributed by atoms with Gasteiger partial charge in [0.25, 0.3) is 0 Å². The van der Waals surface area contributed by atoms with Crippen molar-refractivity contribution in [2.75, 3.05) is 0 Å². The van der Waals surface area contributed by atoms with Crippen LogP contribution in [0.3, 0.4) is 0 Å². The second-order valence-corrected chi connectivity index (χ2v) is 8.74. The van der Waals surface area contributed by atoms with Crippen molar-refractivity contribution < 1.29 is 26.7 Å². The van der Waals surface area contributed by atoms with Crippen molar-refractivity contribution in [3.63, 3.8) is 0 Å². The van der Waals surface area contributed by atoms with E-state index in [-0.39, 0.29) is 22.5 Å². The maximum absolute atomic E-state index is 15.0. The highest BCUT2D eigenvalue weighted by molar-refractivity contribution is 5.87. The van der Waals surface area contributed by atoms with Crippen LogP contribution in [0.5, 0.6) is 0 Å². The predicted molar refractivity (Wildman–Crippen MR) is 131 cm³/mol. The lowest BCUT2D eigenvalue weighted by molar-refractivity contribution is -0.137. The van der Waals surface area contributed by atoms with E-state index in [1.807, 2.05) is 6.07 Å². The van der Waals surface area contributed by atoms with Crippen LogP contribution in [0.25, 0.3) is 33.4 Å². The number of benzene rings is 1. The highest BCUT2D eigenvalue weighted by atomic mass is 19.4. The lowest BCUT2D eigenvalue weighted by Crippen LogP contribution is -2.12. The van der Waals surface area contributed by atoms with Crippen molar-refractivity contribution in [2.45, 2.75) is 19.0 Å². The monoisotopic (exact) mass is 533 g/mol. The number of rotatable bonds is 6. The Hall–Kier alpha value is -4.98. The number of ketones is 1. The summed E-state index contributed by atoms with van der Waals surface area (Å²) in [6, 6.07) is 12.1. The van der Waals surface area contributed by atoms with E-state index in [0.29, 0.717) is 27.9 Å². The van der Waals surface area contributed by atoms with Gasteiger partial charge in [0.1, 0.15) is 34.8 Å². The van der Waals surface area contributed by atoms with Gasteiger partial charge in [-0.3, -0.25) is 9.78 Å². The molecule has 0 unspecified atom stereocenters. The predicted octanol–water partition coefficient (Wildman–Crippen LogP) is 6.21. The van der Waals surface area contributed by atoms with E-state index >= 15 is 4.39 Å². The largest absolute Gasteiger partial charge is 0.416 e. The molecule has 0 aliphatic rings. The number of halogens is 5. The van der Waals surface area contributed by atoms with Crippen molar-refractivity contribution >= 4 is 16.8 Å². The number of hydrogen-bond donors (Lipinski definition) is 1. The van der Waals surface area contributed by atoms with E-state index < -0.39 is 42.0 Å². The van der Waals surface area contributed by atoms with Gasteiger partial charge in [0.15, 0.2) is 0 Å². The van der Waals surface area contributed by atoms with Gasteiger partial charge in [-0.2, -0.15) is 18.4 Å². The van der Waals surface area contributed by atoms with Gasteiger partial charge in [-0.1, -0.05) is 0 Å². The molecular formula is C28H16F5N5O. The minimum atomic E-state index is -4.59. The summed E-state index contributed by atoms with van der Waals surface area (Å²) in [5, 5.41) is 9.69. The molecule has 194 valence electrons. The van der Waals surface area contributed by atoms with Crippen LogP contribution in [0, 0.1) is 23.0 Å². The van der Waals surface area contributed by atoms with E-state index in [4.69, 9.17) is 5.26 Å². The SMILES string of the molecule is N#Cc1cc(-c2cc3cc(-c4cc(F)c(CC(=O)Cc5cc(C(F)(F)F)ccn5)cc4F)cnc3[nH]2)ccn1. The van der Waals surface area contributed by atoms with Gasteiger partial charge >= 0.3 is 6.18 Å². The summed E-state index contributed by atoms with van der Waals surface area (Å²) in [6.07, 6.45) is -1.76. The average molecular weight is 533 g/mol. The Bertz CT molecular complexity index is 1770. The quantitative estimate of drug-likeness (QED) is 0.262. The van der Waals surface area contributed by atoms with E-state index in [0.717, 1.165) is 30.5 Å². The normalized spacial score (nSPS) is 11.5. The third-order valence-electron chi connectivity index (χ3n) is 6.01. The van der Waals surface area contributed by atoms with Gasteiger partial charge < -0.3 is 4.98 Å². The van der Waals surface area contributed by atoms with Crippen molar-refractivity contribution in [1.29, 1.82) is 5.26 Å². The molecule has 4 aromatic heterocycles. The van der Waals surface area contributed by atoms with Gasteiger partial charge in [-0.15, -0.1) is 0 Å². The summed E-state index contributed by atoms with van der Waals surface area (Å²) >= 11 is 0. The minimum absolute atomic E-state index is 0.0731. The van der Waals surface area contributed by atoms with Gasteiger partial charge in [-0.25, -0.2) is 18.7 Å². The Morgan fingerprint density at radius 1 is 0.897 bits per heavy atom. The molecule has 5 aromatic rings. The first-order chi connectivity index (χ1) is 18.6. The summed E-state index contributed by atoms with van der Waals surface area (Å²) in [4.78, 5) is 27.5. The number of carbonyl (C=O) groups is 1. The maximum atomic E-state index is 15.0. The molecule has 0 fully saturated rings. The summed E-state index contributed by atoms with van der Waals surface area (Å²) in [5.41, 5.74) is 1.02. The molecular weight excluding hydrogens is 517 g/mol. The summed E-state index contributed by atoms with van der Waals surface area (Å²) < 4.78 is 68.6. The molecule has 0 spiro atoms. The molecule has 0 aliphatic heterocycles. The first kappa shape index (κ1) is 25.7. The Kier molecular flexibility index (Phi) is 6.62. The second-order valence-electron chi connectivity index (χ2n) is 8.74. The van der Waals surface area contributed by atoms with E-state index in [2.05, 4.69) is 19.9 Å². The fourth-order valence-electron chi connectivity index (χ4n) is 4.15. The van der Waals surface area contributed by atoms with Crippen molar-refractivity contribution in [1.82, 2.24) is 19.9 Å². The number of Topliss-reactive ketones (excluding diaryl/α,β-unsaturated/α-hetero) is 1. The van der Waals surface area contributed by atoms with Gasteiger partial charge in [-0.05, 0) is 54.1 Å². The molecule has 0 radical (unpaired) electrons.